The minimum absolute atomic E-state index is 0.108. The summed E-state index contributed by atoms with van der Waals surface area (Å²) in [7, 11) is 1.44. The van der Waals surface area contributed by atoms with Gasteiger partial charge in [-0.3, -0.25) is 14.4 Å². The lowest BCUT2D eigenvalue weighted by Gasteiger charge is -2.50. The van der Waals surface area contributed by atoms with Crippen molar-refractivity contribution in [3.8, 4) is 0 Å². The van der Waals surface area contributed by atoms with E-state index < -0.39 is 52.4 Å². The predicted octanol–water partition coefficient (Wildman–Crippen LogP) is 1.70. The van der Waals surface area contributed by atoms with Crippen LogP contribution in [0.2, 0.25) is 0 Å². The van der Waals surface area contributed by atoms with Gasteiger partial charge in [-0.1, -0.05) is 11.6 Å². The molecule has 1 fully saturated rings. The Hall–Kier alpha value is -1.89. The van der Waals surface area contributed by atoms with Crippen molar-refractivity contribution in [2.75, 3.05) is 7.11 Å². The lowest BCUT2D eigenvalue weighted by Crippen LogP contribution is -2.57. The molecule has 0 aromatic carbocycles. The van der Waals surface area contributed by atoms with E-state index in [0.29, 0.717) is 12.8 Å². The molecule has 0 heterocycles. The van der Waals surface area contributed by atoms with Crippen molar-refractivity contribution in [2.24, 2.45) is 17.3 Å². The average Bonchev–Trinajstić information content (AvgIpc) is 2.93. The van der Waals surface area contributed by atoms with Crippen molar-refractivity contribution >= 4 is 17.3 Å². The number of fused-ring (bicyclic) bond motifs is 1. The number of hydrogen-bond acceptors (Lipinski definition) is 6. The lowest BCUT2D eigenvalue weighted by molar-refractivity contribution is -0.144. The highest BCUT2D eigenvalue weighted by Crippen LogP contribution is 2.59. The maximum Gasteiger partial charge on any atom is 0.185 e. The highest BCUT2D eigenvalue weighted by atomic mass is 16.5. The second-order valence-corrected chi connectivity index (χ2v) is 8.79. The van der Waals surface area contributed by atoms with Crippen molar-refractivity contribution < 1.29 is 29.3 Å². The quantitative estimate of drug-likeness (QED) is 0.562. The van der Waals surface area contributed by atoms with Gasteiger partial charge in [-0.25, -0.2) is 0 Å². The molecular formula is C22H28O6. The number of allylic oxidation sites excluding steroid dienone is 4. The molecule has 0 radical (unpaired) electrons. The number of aliphatic hydroxyl groups excluding tert-OH is 1. The van der Waals surface area contributed by atoms with Gasteiger partial charge in [-0.2, -0.15) is 0 Å². The number of carbonyl (C=O) groups excluding carboxylic acids is 3. The molecule has 0 aromatic heterocycles. The van der Waals surface area contributed by atoms with Crippen molar-refractivity contribution in [2.45, 2.75) is 58.3 Å². The second-order valence-electron chi connectivity index (χ2n) is 8.79. The van der Waals surface area contributed by atoms with Crippen LogP contribution in [0.5, 0.6) is 0 Å². The number of methoxy groups -OCH3 is 1. The van der Waals surface area contributed by atoms with Crippen LogP contribution >= 0.6 is 0 Å². The smallest absolute Gasteiger partial charge is 0.185 e. The Labute approximate surface area is 165 Å². The first-order chi connectivity index (χ1) is 13.0. The molecule has 0 spiro atoms. The first-order valence-corrected chi connectivity index (χ1v) is 9.60. The largest absolute Gasteiger partial charge is 0.390 e. The Morgan fingerprint density at radius 2 is 1.86 bits per heavy atom. The fraction of sp³-hybridized carbons (Fsp3) is 0.591. The maximum atomic E-state index is 13.5. The third-order valence-electron chi connectivity index (χ3n) is 6.68. The molecule has 3 rings (SSSR count). The van der Waals surface area contributed by atoms with Crippen LogP contribution in [-0.4, -0.2) is 52.5 Å². The van der Waals surface area contributed by atoms with Crippen molar-refractivity contribution in [3.63, 3.8) is 0 Å². The van der Waals surface area contributed by atoms with Crippen LogP contribution in [-0.2, 0) is 19.1 Å². The van der Waals surface area contributed by atoms with Crippen molar-refractivity contribution in [3.05, 3.63) is 34.9 Å². The molecule has 0 aromatic rings. The second kappa shape index (κ2) is 6.87. The summed E-state index contributed by atoms with van der Waals surface area (Å²) >= 11 is 0. The van der Waals surface area contributed by atoms with Crippen LogP contribution in [0.25, 0.3) is 0 Å². The Balaban J connectivity index is 2.28. The minimum atomic E-state index is -1.40. The van der Waals surface area contributed by atoms with E-state index in [0.717, 1.165) is 5.57 Å². The predicted molar refractivity (Wildman–Crippen MR) is 102 cm³/mol. The van der Waals surface area contributed by atoms with Gasteiger partial charge in [0.2, 0.25) is 0 Å². The first kappa shape index (κ1) is 20.8. The molecule has 2 N–H and O–H groups in total. The van der Waals surface area contributed by atoms with E-state index in [9.17, 15) is 24.6 Å². The Morgan fingerprint density at radius 3 is 2.43 bits per heavy atom. The SMILES string of the molecule is CO[C@H]1C2=C(C(=O)C=CC2=O)C(C)(C(=O)[C@H](O)C=C(C)C)[C@H]2CC[C@](C)(O)[C@H]12. The van der Waals surface area contributed by atoms with Crippen LogP contribution in [0.4, 0.5) is 0 Å². The van der Waals surface area contributed by atoms with Crippen LogP contribution < -0.4 is 0 Å². The third-order valence-corrected chi connectivity index (χ3v) is 6.68. The van der Waals surface area contributed by atoms with E-state index in [2.05, 4.69) is 0 Å². The van der Waals surface area contributed by atoms with Gasteiger partial charge < -0.3 is 14.9 Å². The van der Waals surface area contributed by atoms with Crippen molar-refractivity contribution in [1.29, 1.82) is 0 Å². The van der Waals surface area contributed by atoms with E-state index in [4.69, 9.17) is 4.74 Å². The summed E-state index contributed by atoms with van der Waals surface area (Å²) in [6, 6.07) is 0. The highest BCUT2D eigenvalue weighted by molar-refractivity contribution is 6.23. The molecule has 0 saturated heterocycles. The van der Waals surface area contributed by atoms with Crippen molar-refractivity contribution in [1.82, 2.24) is 0 Å². The average molecular weight is 388 g/mol. The maximum absolute atomic E-state index is 13.5. The molecule has 0 aliphatic heterocycles. The normalized spacial score (nSPS) is 38.2. The number of hydrogen-bond donors (Lipinski definition) is 2. The molecule has 6 heteroatoms. The zero-order valence-electron chi connectivity index (χ0n) is 17.0. The van der Waals surface area contributed by atoms with Crippen LogP contribution in [0.15, 0.2) is 34.9 Å². The van der Waals surface area contributed by atoms with E-state index in [1.807, 2.05) is 0 Å². The lowest BCUT2D eigenvalue weighted by atomic mass is 9.54. The van der Waals surface area contributed by atoms with Crippen LogP contribution in [0, 0.1) is 17.3 Å². The van der Waals surface area contributed by atoms with Gasteiger partial charge in [-0.15, -0.1) is 0 Å². The Kier molecular flexibility index (Phi) is 5.11. The van der Waals surface area contributed by atoms with E-state index >= 15 is 0 Å². The summed E-state index contributed by atoms with van der Waals surface area (Å²) in [5, 5.41) is 21.6. The summed E-state index contributed by atoms with van der Waals surface area (Å²) in [5.74, 6) is -2.30. The van der Waals surface area contributed by atoms with Gasteiger partial charge >= 0.3 is 0 Å². The summed E-state index contributed by atoms with van der Waals surface area (Å²) in [6.07, 6.45) is 2.55. The number of aliphatic hydroxyl groups is 2. The molecular weight excluding hydrogens is 360 g/mol. The molecule has 0 bridgehead atoms. The molecule has 1 saturated carbocycles. The topological polar surface area (TPSA) is 101 Å². The van der Waals surface area contributed by atoms with Gasteiger partial charge in [0.1, 0.15) is 6.10 Å². The van der Waals surface area contributed by atoms with Gasteiger partial charge in [0.25, 0.3) is 0 Å². The highest BCUT2D eigenvalue weighted by Gasteiger charge is 2.64. The fourth-order valence-electron chi connectivity index (χ4n) is 5.44. The first-order valence-electron chi connectivity index (χ1n) is 9.60. The molecule has 1 unspecified atom stereocenters. The zero-order chi connectivity index (χ0) is 21.0. The number of carbonyl (C=O) groups is 3. The van der Waals surface area contributed by atoms with Crippen LogP contribution in [0.1, 0.15) is 40.5 Å². The van der Waals surface area contributed by atoms with Crippen LogP contribution in [0.3, 0.4) is 0 Å². The van der Waals surface area contributed by atoms with Gasteiger partial charge in [0, 0.05) is 24.2 Å². The zero-order valence-corrected chi connectivity index (χ0v) is 17.0. The fourth-order valence-corrected chi connectivity index (χ4v) is 5.44. The molecule has 6 atom stereocenters. The van der Waals surface area contributed by atoms with E-state index in [-0.39, 0.29) is 11.1 Å². The Morgan fingerprint density at radius 1 is 1.25 bits per heavy atom. The molecule has 6 nitrogen and oxygen atoms in total. The molecule has 152 valence electrons. The summed E-state index contributed by atoms with van der Waals surface area (Å²) in [4.78, 5) is 39.1. The minimum Gasteiger partial charge on any atom is -0.390 e. The standard InChI is InChI=1S/C22H28O6/c1-11(2)10-15(25)20(26)22(4)12-8-9-21(3,27)17(12)19(28-5)16-13(23)6-7-14(24)18(16)22/h6-7,10,12,15,17,19,25,27H,8-9H2,1-5H3/t12-,15+,17-,19-,21-,22?/m0/s1. The monoisotopic (exact) mass is 388 g/mol. The molecule has 28 heavy (non-hydrogen) atoms. The Bertz CT molecular complexity index is 826. The summed E-state index contributed by atoms with van der Waals surface area (Å²) in [6.45, 7) is 6.85. The van der Waals surface area contributed by atoms with E-state index in [1.54, 1.807) is 27.7 Å². The van der Waals surface area contributed by atoms with Gasteiger partial charge in [0.05, 0.1) is 17.1 Å². The molecule has 0 amide bonds. The van der Waals surface area contributed by atoms with Gasteiger partial charge in [0.15, 0.2) is 17.3 Å². The molecule has 3 aliphatic carbocycles. The summed E-state index contributed by atoms with van der Waals surface area (Å²) in [5.41, 5.74) is -1.53. The van der Waals surface area contributed by atoms with Gasteiger partial charge in [-0.05, 0) is 58.6 Å². The molecule has 3 aliphatic rings. The number of ether oxygens (including phenoxy) is 1. The number of rotatable bonds is 4. The third kappa shape index (κ3) is 2.86. The summed E-state index contributed by atoms with van der Waals surface area (Å²) < 4.78 is 5.62. The van der Waals surface area contributed by atoms with E-state index in [1.165, 1.54) is 25.3 Å². The number of ketones is 3. The number of Topliss-reactive ketones (excluding diaryl/α,β-unsaturated/α-hetero) is 1.